The average molecular weight is 388 g/mol. The molecule has 1 aromatic rings. The van der Waals surface area contributed by atoms with Crippen LogP contribution in [-0.2, 0) is 9.53 Å². The number of carbonyl (C=O) groups excluding carboxylic acids is 2. The zero-order valence-electron chi connectivity index (χ0n) is 15.6. The minimum absolute atomic E-state index is 0.00912. The van der Waals surface area contributed by atoms with Gasteiger partial charge in [-0.05, 0) is 43.4 Å². The first kappa shape index (κ1) is 20.1. The van der Waals surface area contributed by atoms with Crippen LogP contribution in [0.4, 0.5) is 0 Å². The monoisotopic (exact) mass is 388 g/mol. The lowest BCUT2D eigenvalue weighted by Gasteiger charge is -2.20. The second-order valence-electron chi connectivity index (χ2n) is 7.06. The summed E-state index contributed by atoms with van der Waals surface area (Å²) < 4.78 is 10.8. The Kier molecular flexibility index (Phi) is 6.16. The number of phenolic OH excluding ortho intramolecular Hbond substituents is 1. The van der Waals surface area contributed by atoms with Crippen LogP contribution in [0.3, 0.4) is 0 Å². The van der Waals surface area contributed by atoms with Crippen LogP contribution < -0.4 is 4.74 Å². The van der Waals surface area contributed by atoms with Gasteiger partial charge >= 0.3 is 5.97 Å². The van der Waals surface area contributed by atoms with Crippen molar-refractivity contribution in [2.45, 2.75) is 44.0 Å². The van der Waals surface area contributed by atoms with Crippen molar-refractivity contribution in [3.05, 3.63) is 41.5 Å². The van der Waals surface area contributed by atoms with Crippen molar-refractivity contribution < 1.29 is 34.4 Å². The summed E-state index contributed by atoms with van der Waals surface area (Å²) in [6, 6.07) is 2.90. The van der Waals surface area contributed by atoms with Gasteiger partial charge in [0.2, 0.25) is 0 Å². The smallest absolute Gasteiger partial charge is 0.342 e. The first-order chi connectivity index (χ1) is 13.4. The number of benzene rings is 1. The van der Waals surface area contributed by atoms with Gasteiger partial charge in [-0.3, -0.25) is 4.79 Å². The first-order valence-corrected chi connectivity index (χ1v) is 9.27. The van der Waals surface area contributed by atoms with E-state index in [-0.39, 0.29) is 23.7 Å². The van der Waals surface area contributed by atoms with Gasteiger partial charge in [0.05, 0.1) is 13.2 Å². The number of hydrogen-bond acceptors (Lipinski definition) is 7. The van der Waals surface area contributed by atoms with Crippen LogP contribution in [-0.4, -0.2) is 52.5 Å². The number of fused-ring (bicyclic) bond motifs is 2. The normalized spacial score (nSPS) is 30.5. The van der Waals surface area contributed by atoms with E-state index in [2.05, 4.69) is 0 Å². The second kappa shape index (κ2) is 8.58. The Bertz CT molecular complexity index is 811. The molecule has 0 spiro atoms. The third-order valence-electron chi connectivity index (χ3n) is 5.16. The third kappa shape index (κ3) is 4.26. The van der Waals surface area contributed by atoms with E-state index in [0.29, 0.717) is 17.7 Å². The largest absolute Gasteiger partial charge is 0.507 e. The minimum atomic E-state index is -1.54. The highest BCUT2D eigenvalue weighted by Crippen LogP contribution is 2.34. The molecule has 1 aliphatic heterocycles. The summed E-state index contributed by atoms with van der Waals surface area (Å²) in [6.45, 7) is 0. The molecule has 0 bridgehead atoms. The first-order valence-electron chi connectivity index (χ1n) is 9.27. The Balaban J connectivity index is 2.03. The highest BCUT2D eigenvalue weighted by atomic mass is 16.5. The zero-order valence-corrected chi connectivity index (χ0v) is 15.6. The number of aromatic hydroxyl groups is 1. The van der Waals surface area contributed by atoms with Crippen molar-refractivity contribution in [3.63, 3.8) is 0 Å². The molecule has 0 amide bonds. The van der Waals surface area contributed by atoms with Crippen molar-refractivity contribution >= 4 is 17.8 Å². The van der Waals surface area contributed by atoms with Crippen molar-refractivity contribution in [2.75, 3.05) is 7.11 Å². The SMILES string of the molecule is COc1cc(O)c2c(c1)/C=C/C[C@@H](O)[C@@H](O)C(=O)/C=C\[C@H]1CCC[C@@H]1OC2=O. The van der Waals surface area contributed by atoms with E-state index in [9.17, 15) is 24.9 Å². The quantitative estimate of drug-likeness (QED) is 0.631. The molecule has 0 unspecified atom stereocenters. The molecular formula is C21H24O7. The maximum Gasteiger partial charge on any atom is 0.342 e. The zero-order chi connectivity index (χ0) is 20.3. The molecule has 1 fully saturated rings. The molecule has 0 saturated heterocycles. The summed E-state index contributed by atoms with van der Waals surface area (Å²) >= 11 is 0. The topological polar surface area (TPSA) is 113 Å². The fourth-order valence-corrected chi connectivity index (χ4v) is 3.58. The number of aliphatic hydroxyl groups is 2. The number of aliphatic hydroxyl groups excluding tert-OH is 2. The molecule has 0 aromatic heterocycles. The number of hydrogen-bond donors (Lipinski definition) is 3. The third-order valence-corrected chi connectivity index (χ3v) is 5.16. The van der Waals surface area contributed by atoms with Gasteiger partial charge < -0.3 is 24.8 Å². The van der Waals surface area contributed by atoms with Crippen LogP contribution in [0.15, 0.2) is 30.4 Å². The van der Waals surface area contributed by atoms with Gasteiger partial charge in [0.15, 0.2) is 5.78 Å². The molecule has 1 heterocycles. The number of ketones is 1. The molecular weight excluding hydrogens is 364 g/mol. The number of rotatable bonds is 1. The number of esters is 1. The fourth-order valence-electron chi connectivity index (χ4n) is 3.58. The summed E-state index contributed by atoms with van der Waals surface area (Å²) in [5.41, 5.74) is 0.367. The number of methoxy groups -OCH3 is 1. The van der Waals surface area contributed by atoms with E-state index in [4.69, 9.17) is 9.47 Å². The van der Waals surface area contributed by atoms with Gasteiger partial charge in [0, 0.05) is 12.0 Å². The molecule has 4 atom stereocenters. The van der Waals surface area contributed by atoms with Crippen LogP contribution in [0.1, 0.15) is 41.6 Å². The van der Waals surface area contributed by atoms with Gasteiger partial charge in [-0.25, -0.2) is 4.79 Å². The lowest BCUT2D eigenvalue weighted by Crippen LogP contribution is -2.32. The van der Waals surface area contributed by atoms with Gasteiger partial charge in [0.1, 0.15) is 29.3 Å². The summed E-state index contributed by atoms with van der Waals surface area (Å²) in [7, 11) is 1.44. The Morgan fingerprint density at radius 2 is 1.93 bits per heavy atom. The number of carbonyl (C=O) groups is 2. The van der Waals surface area contributed by atoms with Crippen LogP contribution in [0.5, 0.6) is 11.5 Å². The number of phenols is 1. The summed E-state index contributed by atoms with van der Waals surface area (Å²) in [5.74, 6) is -1.33. The molecule has 2 aliphatic rings. The lowest BCUT2D eigenvalue weighted by atomic mass is 9.99. The Labute approximate surface area is 162 Å². The summed E-state index contributed by atoms with van der Waals surface area (Å²) in [6.07, 6.45) is 4.84. The molecule has 150 valence electrons. The average Bonchev–Trinajstić information content (AvgIpc) is 3.10. The van der Waals surface area contributed by atoms with E-state index < -0.39 is 30.1 Å². The van der Waals surface area contributed by atoms with E-state index >= 15 is 0 Å². The van der Waals surface area contributed by atoms with Gasteiger partial charge in [-0.2, -0.15) is 0 Å². The minimum Gasteiger partial charge on any atom is -0.507 e. The molecule has 3 N–H and O–H groups in total. The molecule has 3 rings (SSSR count). The van der Waals surface area contributed by atoms with Crippen LogP contribution in [0.25, 0.3) is 6.08 Å². The van der Waals surface area contributed by atoms with Crippen molar-refractivity contribution in [3.8, 4) is 11.5 Å². The van der Waals surface area contributed by atoms with E-state index in [1.807, 2.05) is 0 Å². The summed E-state index contributed by atoms with van der Waals surface area (Å²) in [5, 5.41) is 30.5. The molecule has 1 saturated carbocycles. The summed E-state index contributed by atoms with van der Waals surface area (Å²) in [4.78, 5) is 24.9. The van der Waals surface area contributed by atoms with Crippen LogP contribution in [0.2, 0.25) is 0 Å². The molecule has 7 heteroatoms. The highest BCUT2D eigenvalue weighted by molar-refractivity contribution is 5.97. The molecule has 1 aromatic carbocycles. The molecule has 0 radical (unpaired) electrons. The number of ether oxygens (including phenoxy) is 2. The van der Waals surface area contributed by atoms with E-state index in [1.54, 1.807) is 12.1 Å². The van der Waals surface area contributed by atoms with Crippen LogP contribution in [0, 0.1) is 5.92 Å². The molecule has 28 heavy (non-hydrogen) atoms. The molecule has 7 nitrogen and oxygen atoms in total. The fraction of sp³-hybridized carbons (Fsp3) is 0.429. The van der Waals surface area contributed by atoms with Gasteiger partial charge in [-0.1, -0.05) is 18.2 Å². The van der Waals surface area contributed by atoms with Gasteiger partial charge in [-0.15, -0.1) is 0 Å². The predicted molar refractivity (Wildman–Crippen MR) is 101 cm³/mol. The van der Waals surface area contributed by atoms with Crippen molar-refractivity contribution in [1.82, 2.24) is 0 Å². The predicted octanol–water partition coefficient (Wildman–Crippen LogP) is 1.99. The molecule has 1 aliphatic carbocycles. The van der Waals surface area contributed by atoms with Crippen LogP contribution >= 0.6 is 0 Å². The maximum atomic E-state index is 12.8. The Morgan fingerprint density at radius 1 is 1.14 bits per heavy atom. The lowest BCUT2D eigenvalue weighted by molar-refractivity contribution is -0.127. The van der Waals surface area contributed by atoms with E-state index in [0.717, 1.165) is 12.8 Å². The van der Waals surface area contributed by atoms with Gasteiger partial charge in [0.25, 0.3) is 0 Å². The van der Waals surface area contributed by atoms with Crippen molar-refractivity contribution in [2.24, 2.45) is 5.92 Å². The van der Waals surface area contributed by atoms with Crippen molar-refractivity contribution in [1.29, 1.82) is 0 Å². The Morgan fingerprint density at radius 3 is 2.68 bits per heavy atom. The standard InChI is InChI=1S/C21H24O7/c1-27-14-10-13-5-2-6-15(22)20(25)16(23)9-8-12-4-3-7-18(12)28-21(26)19(13)17(24)11-14/h2,5,8-12,15,18,20,22,24-25H,3-4,6-7H2,1H3/b5-2+,9-8-/t12-,15-,18+,20-/m1/s1. The second-order valence-corrected chi connectivity index (χ2v) is 7.06. The Hall–Kier alpha value is -2.64. The highest BCUT2D eigenvalue weighted by Gasteiger charge is 2.31. The maximum absolute atomic E-state index is 12.8. The van der Waals surface area contributed by atoms with E-state index in [1.165, 1.54) is 31.4 Å².